The molecule has 1 N–H and O–H groups in total. The normalized spacial score (nSPS) is 15.2. The average molecular weight is 525 g/mol. The maximum absolute atomic E-state index is 13.4. The predicted molar refractivity (Wildman–Crippen MR) is 136 cm³/mol. The van der Waals surface area contributed by atoms with Gasteiger partial charge in [0.15, 0.2) is 10.4 Å². The first-order valence-corrected chi connectivity index (χ1v) is 13.9. The second kappa shape index (κ2) is 10.1. The molecule has 1 amide bonds. The Hall–Kier alpha value is -3.41. The molecule has 0 saturated heterocycles. The van der Waals surface area contributed by atoms with E-state index in [1.165, 1.54) is 39.5 Å². The van der Waals surface area contributed by atoms with Crippen LogP contribution in [0, 0.1) is 0 Å². The highest BCUT2D eigenvalue weighted by Gasteiger charge is 2.37. The van der Waals surface area contributed by atoms with Crippen LogP contribution < -0.4 is 14.4 Å². The fraction of sp³-hybridized carbons (Fsp3) is 0.125. The van der Waals surface area contributed by atoms with Gasteiger partial charge in [0.1, 0.15) is 5.75 Å². The third kappa shape index (κ3) is 5.16. The van der Waals surface area contributed by atoms with E-state index in [0.29, 0.717) is 20.9 Å². The molecule has 11 heteroatoms. The Morgan fingerprint density at radius 2 is 1.69 bits per heavy atom. The van der Waals surface area contributed by atoms with Crippen LogP contribution in [0.4, 0.5) is 10.8 Å². The van der Waals surface area contributed by atoms with Crippen molar-refractivity contribution < 1.29 is 17.9 Å². The molecule has 5 rings (SSSR count). The third-order valence-corrected chi connectivity index (χ3v) is 9.04. The molecule has 0 fully saturated rings. The van der Waals surface area contributed by atoms with E-state index in [9.17, 15) is 13.2 Å². The third-order valence-electron chi connectivity index (χ3n) is 5.20. The van der Waals surface area contributed by atoms with E-state index in [2.05, 4.69) is 15.5 Å². The summed E-state index contributed by atoms with van der Waals surface area (Å²) in [4.78, 5) is 13.2. The molecule has 1 unspecified atom stereocenters. The van der Waals surface area contributed by atoms with Gasteiger partial charge in [0.25, 0.3) is 15.9 Å². The zero-order valence-corrected chi connectivity index (χ0v) is 20.7. The number of aromatic nitrogens is 2. The minimum Gasteiger partial charge on any atom is -0.476 e. The summed E-state index contributed by atoms with van der Waals surface area (Å²) in [5.74, 6) is 0.552. The van der Waals surface area contributed by atoms with Crippen LogP contribution in [-0.4, -0.2) is 37.2 Å². The minimum absolute atomic E-state index is 0.139. The maximum Gasteiger partial charge on any atom is 0.269 e. The molecule has 4 aromatic rings. The van der Waals surface area contributed by atoms with Crippen molar-refractivity contribution in [2.24, 2.45) is 0 Å². The highest BCUT2D eigenvalue weighted by Crippen LogP contribution is 2.37. The number of sulfonamides is 1. The molecule has 0 bridgehead atoms. The number of hydrogen-bond donors (Lipinski definition) is 1. The number of anilines is 2. The summed E-state index contributed by atoms with van der Waals surface area (Å²) in [7, 11) is -3.90. The van der Waals surface area contributed by atoms with Crippen LogP contribution in [0.2, 0.25) is 0 Å². The number of benzene rings is 3. The van der Waals surface area contributed by atoms with Crippen LogP contribution in [0.5, 0.6) is 5.75 Å². The lowest BCUT2D eigenvalue weighted by Gasteiger charge is -2.34. The van der Waals surface area contributed by atoms with Crippen molar-refractivity contribution in [2.45, 2.75) is 21.1 Å². The van der Waals surface area contributed by atoms with Crippen LogP contribution in [0.25, 0.3) is 0 Å². The molecule has 1 aromatic heterocycles. The highest BCUT2D eigenvalue weighted by molar-refractivity contribution is 8.00. The number of para-hydroxylation sites is 2. The van der Waals surface area contributed by atoms with Crippen molar-refractivity contribution in [1.82, 2.24) is 10.2 Å². The molecular weight excluding hydrogens is 504 g/mol. The van der Waals surface area contributed by atoms with Crippen molar-refractivity contribution in [3.63, 3.8) is 0 Å². The van der Waals surface area contributed by atoms with Crippen LogP contribution in [0.15, 0.2) is 94.2 Å². The van der Waals surface area contributed by atoms with Gasteiger partial charge in [0.2, 0.25) is 5.13 Å². The topological polar surface area (TPSA) is 101 Å². The zero-order chi connectivity index (χ0) is 24.3. The summed E-state index contributed by atoms with van der Waals surface area (Å²) in [5, 5.41) is 11.2. The van der Waals surface area contributed by atoms with Gasteiger partial charge in [-0.1, -0.05) is 83.8 Å². The van der Waals surface area contributed by atoms with Crippen molar-refractivity contribution >= 4 is 49.8 Å². The summed E-state index contributed by atoms with van der Waals surface area (Å²) < 4.78 is 34.6. The van der Waals surface area contributed by atoms with Gasteiger partial charge in [-0.2, -0.15) is 0 Å². The molecular formula is C24H20N4O4S3. The van der Waals surface area contributed by atoms with Crippen LogP contribution in [-0.2, 0) is 20.6 Å². The molecule has 0 aliphatic carbocycles. The van der Waals surface area contributed by atoms with E-state index in [1.807, 2.05) is 30.3 Å². The first-order chi connectivity index (χ1) is 17.0. The van der Waals surface area contributed by atoms with Crippen molar-refractivity contribution in [3.8, 4) is 5.75 Å². The Bertz CT molecular complexity index is 1430. The number of amides is 1. The Kier molecular flexibility index (Phi) is 6.71. The second-order valence-electron chi connectivity index (χ2n) is 7.56. The zero-order valence-electron chi connectivity index (χ0n) is 18.3. The van der Waals surface area contributed by atoms with Gasteiger partial charge >= 0.3 is 0 Å². The Balaban J connectivity index is 1.31. The second-order valence-corrected chi connectivity index (χ2v) is 11.6. The molecule has 0 saturated carbocycles. The molecule has 0 spiro atoms. The molecule has 1 aliphatic heterocycles. The Labute approximate surface area is 211 Å². The number of fused-ring (bicyclic) bond motifs is 1. The van der Waals surface area contributed by atoms with E-state index >= 15 is 0 Å². The molecule has 2 heterocycles. The smallest absolute Gasteiger partial charge is 0.269 e. The van der Waals surface area contributed by atoms with Crippen molar-refractivity contribution in [1.29, 1.82) is 0 Å². The number of hydrogen-bond acceptors (Lipinski definition) is 8. The van der Waals surface area contributed by atoms with Gasteiger partial charge in [0, 0.05) is 5.75 Å². The Morgan fingerprint density at radius 3 is 2.46 bits per heavy atom. The first kappa shape index (κ1) is 23.3. The van der Waals surface area contributed by atoms with Gasteiger partial charge in [-0.15, -0.1) is 10.2 Å². The number of rotatable bonds is 7. The van der Waals surface area contributed by atoms with E-state index in [4.69, 9.17) is 4.74 Å². The van der Waals surface area contributed by atoms with Gasteiger partial charge in [-0.25, -0.2) is 8.42 Å². The quantitative estimate of drug-likeness (QED) is 0.282. The summed E-state index contributed by atoms with van der Waals surface area (Å²) in [6.07, 6.45) is -1.06. The van der Waals surface area contributed by atoms with E-state index in [1.54, 1.807) is 42.5 Å². The summed E-state index contributed by atoms with van der Waals surface area (Å²) >= 11 is 2.78. The van der Waals surface area contributed by atoms with Gasteiger partial charge in [0.05, 0.1) is 17.1 Å². The lowest BCUT2D eigenvalue weighted by molar-refractivity contribution is -0.122. The molecule has 1 aliphatic rings. The van der Waals surface area contributed by atoms with Gasteiger partial charge < -0.3 is 4.74 Å². The predicted octanol–water partition coefficient (Wildman–Crippen LogP) is 4.43. The molecule has 178 valence electrons. The fourth-order valence-electron chi connectivity index (χ4n) is 3.51. The van der Waals surface area contributed by atoms with E-state index in [0.717, 1.165) is 11.3 Å². The SMILES string of the molecule is O=C(Nc1nnc(SCc2ccccc2)s1)C1CN(S(=O)(=O)c2ccccc2)c2ccccc2O1. The maximum atomic E-state index is 13.4. The highest BCUT2D eigenvalue weighted by atomic mass is 32.2. The number of nitrogens with zero attached hydrogens (tertiary/aromatic N) is 3. The van der Waals surface area contributed by atoms with Crippen molar-refractivity contribution in [3.05, 3.63) is 90.5 Å². The number of ether oxygens (including phenoxy) is 1. The van der Waals surface area contributed by atoms with Crippen LogP contribution in [0.1, 0.15) is 5.56 Å². The monoisotopic (exact) mass is 524 g/mol. The fourth-order valence-corrected chi connectivity index (χ4v) is 6.72. The van der Waals surface area contributed by atoms with E-state index < -0.39 is 22.0 Å². The first-order valence-electron chi connectivity index (χ1n) is 10.7. The number of nitrogens with one attached hydrogen (secondary N) is 1. The lowest BCUT2D eigenvalue weighted by atomic mass is 10.2. The summed E-state index contributed by atoms with van der Waals surface area (Å²) in [5.41, 5.74) is 1.54. The standard InChI is InChI=1S/C24H20N4O4S3/c29-22(25-23-26-27-24(34-23)33-16-17-9-3-1-4-10-17)21-15-28(19-13-7-8-14-20(19)32-21)35(30,31)18-11-5-2-6-12-18/h1-14,21H,15-16H2,(H,25,26,29). The van der Waals surface area contributed by atoms with Crippen LogP contribution in [0.3, 0.4) is 0 Å². The summed E-state index contributed by atoms with van der Waals surface area (Å²) in [6.45, 7) is -0.172. The minimum atomic E-state index is -3.90. The molecule has 3 aromatic carbocycles. The summed E-state index contributed by atoms with van der Waals surface area (Å²) in [6, 6.07) is 24.9. The molecule has 0 radical (unpaired) electrons. The number of thioether (sulfide) groups is 1. The van der Waals surface area contributed by atoms with Gasteiger partial charge in [-0.3, -0.25) is 14.4 Å². The lowest BCUT2D eigenvalue weighted by Crippen LogP contribution is -2.48. The molecule has 35 heavy (non-hydrogen) atoms. The largest absolute Gasteiger partial charge is 0.476 e. The molecule has 8 nitrogen and oxygen atoms in total. The average Bonchev–Trinajstić information content (AvgIpc) is 3.35. The number of carbonyl (C=O) groups excluding carboxylic acids is 1. The number of carbonyl (C=O) groups is 1. The van der Waals surface area contributed by atoms with Crippen LogP contribution >= 0.6 is 23.1 Å². The Morgan fingerprint density at radius 1 is 1.00 bits per heavy atom. The van der Waals surface area contributed by atoms with Crippen molar-refractivity contribution in [2.75, 3.05) is 16.2 Å². The van der Waals surface area contributed by atoms with E-state index in [-0.39, 0.29) is 11.4 Å². The van der Waals surface area contributed by atoms with Gasteiger partial charge in [-0.05, 0) is 29.8 Å². The molecule has 1 atom stereocenters.